The van der Waals surface area contributed by atoms with E-state index in [0.717, 1.165) is 21.1 Å². The van der Waals surface area contributed by atoms with Crippen LogP contribution in [0.4, 0.5) is 0 Å². The number of rotatable bonds is 3. The highest BCUT2D eigenvalue weighted by Crippen LogP contribution is 2.23. The Hall–Kier alpha value is -0.840. The molecule has 0 saturated carbocycles. The summed E-state index contributed by atoms with van der Waals surface area (Å²) in [6.07, 6.45) is 0.577. The van der Waals surface area contributed by atoms with E-state index in [2.05, 4.69) is 20.9 Å². The number of aromatic amines is 1. The van der Waals surface area contributed by atoms with Crippen molar-refractivity contribution in [3.05, 3.63) is 34.4 Å². The maximum absolute atomic E-state index is 8.82. The van der Waals surface area contributed by atoms with E-state index in [1.807, 2.05) is 24.3 Å². The molecule has 0 saturated heterocycles. The second-order valence-corrected chi connectivity index (χ2v) is 4.49. The van der Waals surface area contributed by atoms with E-state index < -0.39 is 0 Å². The lowest BCUT2D eigenvalue weighted by molar-refractivity contribution is 0.276. The molecule has 0 fully saturated rings. The van der Waals surface area contributed by atoms with Crippen molar-refractivity contribution in [2.45, 2.75) is 12.5 Å². The van der Waals surface area contributed by atoms with Gasteiger partial charge in [0.05, 0.1) is 0 Å². The summed E-state index contributed by atoms with van der Waals surface area (Å²) in [4.78, 5) is 3.25. The molecule has 80 valence electrons. The monoisotopic (exact) mass is 268 g/mol. The van der Waals surface area contributed by atoms with E-state index in [1.165, 1.54) is 0 Å². The quantitative estimate of drug-likeness (QED) is 0.800. The highest BCUT2D eigenvalue weighted by molar-refractivity contribution is 9.10. The van der Waals surface area contributed by atoms with Crippen molar-refractivity contribution < 1.29 is 5.11 Å². The molecule has 0 aliphatic heterocycles. The molecule has 4 N–H and O–H groups in total. The zero-order valence-electron chi connectivity index (χ0n) is 8.20. The van der Waals surface area contributed by atoms with Crippen molar-refractivity contribution >= 4 is 26.8 Å². The van der Waals surface area contributed by atoms with Gasteiger partial charge in [-0.05, 0) is 30.7 Å². The van der Waals surface area contributed by atoms with Crippen LogP contribution in [0.1, 0.15) is 18.2 Å². The molecule has 0 aliphatic carbocycles. The average Bonchev–Trinajstić information content (AvgIpc) is 2.60. The van der Waals surface area contributed by atoms with Gasteiger partial charge in [-0.1, -0.05) is 15.9 Å². The summed E-state index contributed by atoms with van der Waals surface area (Å²) in [7, 11) is 0. The van der Waals surface area contributed by atoms with Gasteiger partial charge in [0.25, 0.3) is 0 Å². The Bertz CT molecular complexity index is 467. The Morgan fingerprint density at radius 1 is 1.40 bits per heavy atom. The zero-order valence-corrected chi connectivity index (χ0v) is 9.79. The first-order valence-electron chi connectivity index (χ1n) is 4.85. The minimum absolute atomic E-state index is 0.111. The summed E-state index contributed by atoms with van der Waals surface area (Å²) in [5.74, 6) is 0. The molecule has 0 bridgehead atoms. The van der Waals surface area contributed by atoms with Gasteiger partial charge < -0.3 is 15.8 Å². The van der Waals surface area contributed by atoms with Gasteiger partial charge in [-0.15, -0.1) is 0 Å². The second kappa shape index (κ2) is 4.35. The Labute approximate surface area is 96.4 Å². The Balaban J connectivity index is 2.38. The minimum atomic E-state index is -0.124. The maximum Gasteiger partial charge on any atom is 0.0470 e. The van der Waals surface area contributed by atoms with Crippen molar-refractivity contribution in [2.24, 2.45) is 5.73 Å². The van der Waals surface area contributed by atoms with Crippen LogP contribution in [0.15, 0.2) is 28.7 Å². The van der Waals surface area contributed by atoms with Crippen molar-refractivity contribution in [3.63, 3.8) is 0 Å². The first kappa shape index (κ1) is 10.7. The third-order valence-corrected chi connectivity index (χ3v) is 2.94. The lowest BCUT2D eigenvalue weighted by Gasteiger charge is -2.06. The zero-order chi connectivity index (χ0) is 10.8. The third kappa shape index (κ3) is 2.22. The Morgan fingerprint density at radius 3 is 2.93 bits per heavy atom. The summed E-state index contributed by atoms with van der Waals surface area (Å²) in [5, 5.41) is 9.95. The summed E-state index contributed by atoms with van der Waals surface area (Å²) in [5.41, 5.74) is 7.94. The van der Waals surface area contributed by atoms with Gasteiger partial charge in [0.1, 0.15) is 0 Å². The molecule has 4 heteroatoms. The number of halogens is 1. The van der Waals surface area contributed by atoms with E-state index in [0.29, 0.717) is 6.42 Å². The Morgan fingerprint density at radius 2 is 2.20 bits per heavy atom. The molecule has 3 nitrogen and oxygen atoms in total. The van der Waals surface area contributed by atoms with Crippen molar-refractivity contribution in [1.29, 1.82) is 0 Å². The molecular formula is C11H13BrN2O. The van der Waals surface area contributed by atoms with Crippen LogP contribution in [0.5, 0.6) is 0 Å². The predicted molar refractivity (Wildman–Crippen MR) is 64.6 cm³/mol. The highest BCUT2D eigenvalue weighted by Gasteiger charge is 2.08. The number of benzene rings is 1. The fraction of sp³-hybridized carbons (Fsp3) is 0.273. The van der Waals surface area contributed by atoms with E-state index >= 15 is 0 Å². The van der Waals surface area contributed by atoms with Crippen LogP contribution >= 0.6 is 15.9 Å². The van der Waals surface area contributed by atoms with Gasteiger partial charge in [-0.3, -0.25) is 0 Å². The summed E-state index contributed by atoms with van der Waals surface area (Å²) < 4.78 is 1.05. The van der Waals surface area contributed by atoms with Gasteiger partial charge in [-0.2, -0.15) is 0 Å². The SMILES string of the molecule is NC(CCO)c1cc2cc(Br)ccc2[nH]1. The number of nitrogens with two attached hydrogens (primary N) is 1. The van der Waals surface area contributed by atoms with Gasteiger partial charge in [0.15, 0.2) is 0 Å². The second-order valence-electron chi connectivity index (χ2n) is 3.58. The molecular weight excluding hydrogens is 256 g/mol. The summed E-state index contributed by atoms with van der Waals surface area (Å²) >= 11 is 3.42. The van der Waals surface area contributed by atoms with E-state index in [9.17, 15) is 0 Å². The molecule has 1 atom stereocenters. The molecule has 1 aromatic heterocycles. The van der Waals surface area contributed by atoms with Gasteiger partial charge in [-0.25, -0.2) is 0 Å². The van der Waals surface area contributed by atoms with Gasteiger partial charge in [0.2, 0.25) is 0 Å². The lowest BCUT2D eigenvalue weighted by Crippen LogP contribution is -2.11. The molecule has 0 spiro atoms. The lowest BCUT2D eigenvalue weighted by atomic mass is 10.1. The molecule has 0 radical (unpaired) electrons. The third-order valence-electron chi connectivity index (χ3n) is 2.44. The number of aliphatic hydroxyl groups is 1. The molecule has 0 aliphatic rings. The predicted octanol–water partition coefficient (Wildman–Crippen LogP) is 2.31. The van der Waals surface area contributed by atoms with E-state index in [4.69, 9.17) is 10.8 Å². The molecule has 1 unspecified atom stereocenters. The minimum Gasteiger partial charge on any atom is -0.396 e. The first-order valence-corrected chi connectivity index (χ1v) is 5.64. The number of hydrogen-bond acceptors (Lipinski definition) is 2. The number of aliphatic hydroxyl groups excluding tert-OH is 1. The molecule has 2 rings (SSSR count). The standard InChI is InChI=1S/C11H13BrN2O/c12-8-1-2-10-7(5-8)6-11(14-10)9(13)3-4-15/h1-2,5-6,9,14-15H,3-4,13H2. The van der Waals surface area contributed by atoms with E-state index in [-0.39, 0.29) is 12.6 Å². The molecule has 2 aromatic rings. The van der Waals surface area contributed by atoms with Crippen LogP contribution in [0.3, 0.4) is 0 Å². The number of H-pyrrole nitrogens is 1. The molecule has 15 heavy (non-hydrogen) atoms. The van der Waals surface area contributed by atoms with E-state index in [1.54, 1.807) is 0 Å². The van der Waals surface area contributed by atoms with Gasteiger partial charge >= 0.3 is 0 Å². The van der Waals surface area contributed by atoms with Crippen molar-refractivity contribution in [3.8, 4) is 0 Å². The normalized spacial score (nSPS) is 13.3. The average molecular weight is 269 g/mol. The summed E-state index contributed by atoms with van der Waals surface area (Å²) in [6.45, 7) is 0.111. The van der Waals surface area contributed by atoms with Crippen molar-refractivity contribution in [1.82, 2.24) is 4.98 Å². The van der Waals surface area contributed by atoms with Crippen LogP contribution in [0, 0.1) is 0 Å². The number of hydrogen-bond donors (Lipinski definition) is 3. The fourth-order valence-corrected chi connectivity index (χ4v) is 2.00. The molecule has 0 amide bonds. The molecule has 1 aromatic carbocycles. The maximum atomic E-state index is 8.82. The van der Waals surface area contributed by atoms with Gasteiger partial charge in [0, 0.05) is 33.7 Å². The summed E-state index contributed by atoms with van der Waals surface area (Å²) in [6, 6.07) is 7.94. The van der Waals surface area contributed by atoms with Crippen LogP contribution in [-0.2, 0) is 0 Å². The van der Waals surface area contributed by atoms with Crippen molar-refractivity contribution in [2.75, 3.05) is 6.61 Å². The van der Waals surface area contributed by atoms with Crippen LogP contribution in [0.25, 0.3) is 10.9 Å². The first-order chi connectivity index (χ1) is 7.20. The highest BCUT2D eigenvalue weighted by atomic mass is 79.9. The van der Waals surface area contributed by atoms with Crippen LogP contribution in [-0.4, -0.2) is 16.7 Å². The topological polar surface area (TPSA) is 62.0 Å². The number of nitrogens with one attached hydrogen (secondary N) is 1. The van der Waals surface area contributed by atoms with Crippen LogP contribution in [0.2, 0.25) is 0 Å². The van der Waals surface area contributed by atoms with Crippen LogP contribution < -0.4 is 5.73 Å². The number of fused-ring (bicyclic) bond motifs is 1. The smallest absolute Gasteiger partial charge is 0.0470 e. The molecule has 1 heterocycles. The Kier molecular flexibility index (Phi) is 3.09. The largest absolute Gasteiger partial charge is 0.396 e. The fourth-order valence-electron chi connectivity index (χ4n) is 1.62. The number of aromatic nitrogens is 1.